The number of benzene rings is 1. The number of amides is 1. The van der Waals surface area contributed by atoms with Gasteiger partial charge in [-0.1, -0.05) is 12.1 Å². The molecule has 228 valence electrons. The molecule has 0 aliphatic heterocycles. The molecular weight excluding hydrogens is 540 g/mol. The van der Waals surface area contributed by atoms with Crippen LogP contribution >= 0.6 is 0 Å². The van der Waals surface area contributed by atoms with Crippen LogP contribution in [0, 0.1) is 24.7 Å². The maximum absolute atomic E-state index is 14.2. The largest absolute Gasteiger partial charge is 0.495 e. The smallest absolute Gasteiger partial charge is 0.303 e. The van der Waals surface area contributed by atoms with E-state index in [0.29, 0.717) is 24.4 Å². The molecular formula is C35H44N4O4. The summed E-state index contributed by atoms with van der Waals surface area (Å²) in [6.45, 7) is 2.71. The molecule has 2 aromatic heterocycles. The Hall–Kier alpha value is -3.68. The van der Waals surface area contributed by atoms with Crippen LogP contribution in [0.25, 0.3) is 11.1 Å². The molecule has 3 aliphatic carbocycles. The van der Waals surface area contributed by atoms with E-state index in [1.54, 1.807) is 7.11 Å². The second kappa shape index (κ2) is 12.9. The first-order chi connectivity index (χ1) is 20.9. The number of carbonyl (C=O) groups is 2. The zero-order valence-corrected chi connectivity index (χ0v) is 25.5. The Kier molecular flexibility index (Phi) is 8.82. The Labute approximate surface area is 254 Å². The average Bonchev–Trinajstić information content (AvgIpc) is 3.76. The van der Waals surface area contributed by atoms with E-state index < -0.39 is 5.97 Å². The molecule has 6 rings (SSSR count). The lowest BCUT2D eigenvalue weighted by Crippen LogP contribution is -2.41. The van der Waals surface area contributed by atoms with Crippen LogP contribution in [0.3, 0.4) is 0 Å². The topological polar surface area (TPSA) is 97.5 Å². The first-order valence-electron chi connectivity index (χ1n) is 16.1. The van der Waals surface area contributed by atoms with Crippen LogP contribution < -0.4 is 9.64 Å². The van der Waals surface area contributed by atoms with E-state index >= 15 is 0 Å². The summed E-state index contributed by atoms with van der Waals surface area (Å²) in [6.07, 6.45) is 14.0. The third kappa shape index (κ3) is 6.94. The molecule has 0 saturated heterocycles. The number of methoxy groups -OCH3 is 1. The molecule has 0 spiro atoms. The number of pyridine rings is 1. The van der Waals surface area contributed by atoms with Crippen molar-refractivity contribution in [1.82, 2.24) is 14.8 Å². The van der Waals surface area contributed by atoms with Crippen LogP contribution in [0.5, 0.6) is 5.75 Å². The monoisotopic (exact) mass is 584 g/mol. The minimum Gasteiger partial charge on any atom is -0.495 e. The number of aryl methyl sites for hydroxylation is 1. The van der Waals surface area contributed by atoms with Gasteiger partial charge in [0.1, 0.15) is 5.75 Å². The standard InChI is InChI=1S/C35H44N4O4/c1-23-33(43-2)17-16-32(37-23)26-10-8-25(9-11-26)21-38(35(42)27-12-6-24(7-13-27)18-34(40)41)31-5-3-4-28(19-31)29-20-36-39(22-29)30-14-15-30/h3-5,16-17,19-20,22,24-27,30H,6-15,18,21H2,1-2H3,(H,40,41). The number of aliphatic carboxylic acids is 1. The van der Waals surface area contributed by atoms with Gasteiger partial charge in [0.05, 0.1) is 25.0 Å². The average molecular weight is 585 g/mol. The van der Waals surface area contributed by atoms with Crippen molar-refractivity contribution in [2.75, 3.05) is 18.6 Å². The molecule has 3 saturated carbocycles. The fraction of sp³-hybridized carbons (Fsp3) is 0.543. The van der Waals surface area contributed by atoms with Gasteiger partial charge >= 0.3 is 5.97 Å². The molecule has 1 N–H and O–H groups in total. The van der Waals surface area contributed by atoms with Crippen LogP contribution in [0.2, 0.25) is 0 Å². The third-order valence-electron chi connectivity index (χ3n) is 9.92. The number of carboxylic acids is 1. The van der Waals surface area contributed by atoms with Gasteiger partial charge in [-0.15, -0.1) is 0 Å². The highest BCUT2D eigenvalue weighted by atomic mass is 16.5. The molecule has 8 heteroatoms. The first kappa shape index (κ1) is 29.4. The van der Waals surface area contributed by atoms with Crippen LogP contribution in [0.1, 0.15) is 94.0 Å². The number of hydrogen-bond acceptors (Lipinski definition) is 5. The summed E-state index contributed by atoms with van der Waals surface area (Å²) in [5.41, 5.74) is 5.18. The molecule has 2 heterocycles. The number of nitrogens with zero attached hydrogens (tertiary/aromatic N) is 4. The third-order valence-corrected chi connectivity index (χ3v) is 9.92. The molecule has 3 aliphatic rings. The van der Waals surface area contributed by atoms with Gasteiger partial charge in [-0.2, -0.15) is 5.10 Å². The number of hydrogen-bond donors (Lipinski definition) is 1. The number of ether oxygens (including phenoxy) is 1. The predicted molar refractivity (Wildman–Crippen MR) is 166 cm³/mol. The summed E-state index contributed by atoms with van der Waals surface area (Å²) in [6, 6.07) is 13.0. The number of aromatic nitrogens is 3. The van der Waals surface area contributed by atoms with Gasteiger partial charge in [-0.05, 0) is 113 Å². The molecule has 1 amide bonds. The Morgan fingerprint density at radius 3 is 2.37 bits per heavy atom. The van der Waals surface area contributed by atoms with Crippen molar-refractivity contribution < 1.29 is 19.4 Å². The quantitative estimate of drug-likeness (QED) is 0.271. The summed E-state index contributed by atoms with van der Waals surface area (Å²) in [4.78, 5) is 32.4. The maximum Gasteiger partial charge on any atom is 0.303 e. The highest BCUT2D eigenvalue weighted by molar-refractivity contribution is 5.95. The molecule has 0 atom stereocenters. The zero-order valence-electron chi connectivity index (χ0n) is 25.5. The van der Waals surface area contributed by atoms with Crippen LogP contribution in [0.15, 0.2) is 48.8 Å². The summed E-state index contributed by atoms with van der Waals surface area (Å²) >= 11 is 0. The predicted octanol–water partition coefficient (Wildman–Crippen LogP) is 7.19. The van der Waals surface area contributed by atoms with Gasteiger partial charge in [-0.3, -0.25) is 19.3 Å². The molecule has 8 nitrogen and oxygen atoms in total. The van der Waals surface area contributed by atoms with Crippen molar-refractivity contribution in [1.29, 1.82) is 0 Å². The SMILES string of the molecule is COc1ccc(C2CCC(CN(C(=O)C3CCC(CC(=O)O)CC3)c3cccc(-c4cnn(C5CC5)c4)c3)CC2)nc1C. The number of carbonyl (C=O) groups excluding carboxylic acids is 1. The van der Waals surface area contributed by atoms with Gasteiger partial charge in [0, 0.05) is 47.9 Å². The van der Waals surface area contributed by atoms with Gasteiger partial charge in [0.15, 0.2) is 0 Å². The Bertz CT molecular complexity index is 1430. The van der Waals surface area contributed by atoms with Crippen LogP contribution in [0.4, 0.5) is 5.69 Å². The number of rotatable bonds is 10. The van der Waals surface area contributed by atoms with Gasteiger partial charge < -0.3 is 14.7 Å². The number of anilines is 1. The molecule has 0 radical (unpaired) electrons. The molecule has 43 heavy (non-hydrogen) atoms. The number of carboxylic acid groups (broad SMARTS) is 1. The van der Waals surface area contributed by atoms with Gasteiger partial charge in [0.2, 0.25) is 5.91 Å². The van der Waals surface area contributed by atoms with Gasteiger partial charge in [0.25, 0.3) is 0 Å². The molecule has 1 aromatic carbocycles. The van der Waals surface area contributed by atoms with E-state index in [9.17, 15) is 14.7 Å². The second-order valence-corrected chi connectivity index (χ2v) is 13.0. The minimum atomic E-state index is -0.742. The second-order valence-electron chi connectivity index (χ2n) is 13.0. The highest BCUT2D eigenvalue weighted by Crippen LogP contribution is 2.39. The van der Waals surface area contributed by atoms with E-state index in [1.165, 1.54) is 12.8 Å². The molecule has 3 fully saturated rings. The van der Waals surface area contributed by atoms with E-state index in [4.69, 9.17) is 9.72 Å². The van der Waals surface area contributed by atoms with Crippen molar-refractivity contribution in [3.8, 4) is 16.9 Å². The fourth-order valence-electron chi connectivity index (χ4n) is 7.19. The van der Waals surface area contributed by atoms with Crippen LogP contribution in [-0.2, 0) is 9.59 Å². The van der Waals surface area contributed by atoms with E-state index in [2.05, 4.69) is 51.2 Å². The van der Waals surface area contributed by atoms with Gasteiger partial charge in [-0.25, -0.2) is 0 Å². The highest BCUT2D eigenvalue weighted by Gasteiger charge is 2.33. The lowest BCUT2D eigenvalue weighted by atomic mass is 9.78. The first-order valence-corrected chi connectivity index (χ1v) is 16.1. The molecule has 0 unspecified atom stereocenters. The van der Waals surface area contributed by atoms with E-state index in [-0.39, 0.29) is 24.2 Å². The van der Waals surface area contributed by atoms with Crippen LogP contribution in [-0.4, -0.2) is 45.4 Å². The van der Waals surface area contributed by atoms with Crippen molar-refractivity contribution in [2.45, 2.75) is 89.5 Å². The Balaban J connectivity index is 1.18. The summed E-state index contributed by atoms with van der Waals surface area (Å²) in [5, 5.41) is 13.8. The van der Waals surface area contributed by atoms with Crippen molar-refractivity contribution in [3.05, 3.63) is 60.2 Å². The van der Waals surface area contributed by atoms with Crippen molar-refractivity contribution in [2.24, 2.45) is 17.8 Å². The fourth-order valence-corrected chi connectivity index (χ4v) is 7.19. The summed E-state index contributed by atoms with van der Waals surface area (Å²) in [5.74, 6) is 1.24. The maximum atomic E-state index is 14.2. The van der Waals surface area contributed by atoms with E-state index in [0.717, 1.165) is 85.3 Å². The lowest BCUT2D eigenvalue weighted by molar-refractivity contribution is -0.138. The molecule has 3 aromatic rings. The van der Waals surface area contributed by atoms with Crippen molar-refractivity contribution >= 4 is 17.6 Å². The summed E-state index contributed by atoms with van der Waals surface area (Å²) < 4.78 is 7.47. The van der Waals surface area contributed by atoms with E-state index in [1.807, 2.05) is 19.2 Å². The Morgan fingerprint density at radius 1 is 0.953 bits per heavy atom. The lowest BCUT2D eigenvalue weighted by Gasteiger charge is -2.36. The zero-order chi connectivity index (χ0) is 29.9. The van der Waals surface area contributed by atoms with Crippen molar-refractivity contribution in [3.63, 3.8) is 0 Å². The minimum absolute atomic E-state index is 0.0610. The molecule has 0 bridgehead atoms. The summed E-state index contributed by atoms with van der Waals surface area (Å²) in [7, 11) is 1.68. The Morgan fingerprint density at radius 2 is 1.70 bits per heavy atom. The normalized spacial score (nSPS) is 24.0.